The molecule has 0 aromatic heterocycles. The summed E-state index contributed by atoms with van der Waals surface area (Å²) in [5.74, 6) is -0.134. The van der Waals surface area contributed by atoms with Crippen molar-refractivity contribution in [1.82, 2.24) is 5.32 Å². The number of rotatable bonds is 3. The van der Waals surface area contributed by atoms with E-state index < -0.39 is 0 Å². The van der Waals surface area contributed by atoms with Crippen molar-refractivity contribution in [2.75, 3.05) is 0 Å². The summed E-state index contributed by atoms with van der Waals surface area (Å²) in [6, 6.07) is 11.4. The fourth-order valence-corrected chi connectivity index (χ4v) is 3.21. The highest BCUT2D eigenvalue weighted by molar-refractivity contribution is 9.10. The molecule has 0 aliphatic carbocycles. The van der Waals surface area contributed by atoms with E-state index in [0.717, 1.165) is 10.0 Å². The van der Waals surface area contributed by atoms with Gasteiger partial charge >= 0.3 is 0 Å². The molecule has 0 saturated heterocycles. The third-order valence-corrected chi connectivity index (χ3v) is 4.04. The Bertz CT molecular complexity index is 664. The summed E-state index contributed by atoms with van der Waals surface area (Å²) in [5.41, 5.74) is 4.06. The Balaban J connectivity index is 2.18. The van der Waals surface area contributed by atoms with Gasteiger partial charge in [-0.3, -0.25) is 4.79 Å². The SMILES string of the molecule is Cc1ccc(C(C)NC(=O)c2cc(Cl)cc(Br)c2)c(C)c1. The maximum atomic E-state index is 12.3. The lowest BCUT2D eigenvalue weighted by Gasteiger charge is -2.17. The standard InChI is InChI=1S/C17H17BrClNO/c1-10-4-5-16(11(2)6-10)12(3)20-17(21)13-7-14(18)9-15(19)8-13/h4-9,12H,1-3H3,(H,20,21). The molecule has 2 nitrogen and oxygen atoms in total. The third kappa shape index (κ3) is 4.08. The first kappa shape index (κ1) is 16.1. The Kier molecular flexibility index (Phi) is 5.07. The molecule has 110 valence electrons. The molecule has 2 aromatic rings. The highest BCUT2D eigenvalue weighted by Gasteiger charge is 2.14. The number of halogens is 2. The number of hydrogen-bond donors (Lipinski definition) is 1. The lowest BCUT2D eigenvalue weighted by Crippen LogP contribution is -2.27. The maximum absolute atomic E-state index is 12.3. The smallest absolute Gasteiger partial charge is 0.251 e. The van der Waals surface area contributed by atoms with Gasteiger partial charge in [0.1, 0.15) is 0 Å². The van der Waals surface area contributed by atoms with E-state index in [0.29, 0.717) is 10.6 Å². The minimum Gasteiger partial charge on any atom is -0.346 e. The van der Waals surface area contributed by atoms with E-state index in [1.807, 2.05) is 6.92 Å². The van der Waals surface area contributed by atoms with Gasteiger partial charge in [0.2, 0.25) is 0 Å². The summed E-state index contributed by atoms with van der Waals surface area (Å²) < 4.78 is 0.791. The molecular formula is C17H17BrClNO. The van der Waals surface area contributed by atoms with Gasteiger partial charge in [-0.15, -0.1) is 0 Å². The quantitative estimate of drug-likeness (QED) is 0.793. The van der Waals surface area contributed by atoms with Crippen LogP contribution in [0.5, 0.6) is 0 Å². The highest BCUT2D eigenvalue weighted by Crippen LogP contribution is 2.22. The van der Waals surface area contributed by atoms with Gasteiger partial charge in [-0.2, -0.15) is 0 Å². The Labute approximate surface area is 138 Å². The Morgan fingerprint density at radius 1 is 1.19 bits per heavy atom. The van der Waals surface area contributed by atoms with Crippen molar-refractivity contribution in [3.05, 3.63) is 68.1 Å². The molecule has 0 saturated carbocycles. The molecule has 1 unspecified atom stereocenters. The van der Waals surface area contributed by atoms with Crippen LogP contribution in [0.3, 0.4) is 0 Å². The molecule has 0 spiro atoms. The van der Waals surface area contributed by atoms with E-state index in [2.05, 4.69) is 53.3 Å². The number of carbonyl (C=O) groups excluding carboxylic acids is 1. The van der Waals surface area contributed by atoms with Gasteiger partial charge in [-0.05, 0) is 50.1 Å². The van der Waals surface area contributed by atoms with Crippen molar-refractivity contribution in [3.8, 4) is 0 Å². The first-order valence-corrected chi connectivity index (χ1v) is 7.88. The average Bonchev–Trinajstić information content (AvgIpc) is 2.37. The van der Waals surface area contributed by atoms with Crippen LogP contribution in [0, 0.1) is 13.8 Å². The molecule has 0 fully saturated rings. The van der Waals surface area contributed by atoms with E-state index >= 15 is 0 Å². The molecular weight excluding hydrogens is 350 g/mol. The van der Waals surface area contributed by atoms with E-state index in [4.69, 9.17) is 11.6 Å². The predicted molar refractivity (Wildman–Crippen MR) is 90.9 cm³/mol. The summed E-state index contributed by atoms with van der Waals surface area (Å²) in [7, 11) is 0. The number of hydrogen-bond acceptors (Lipinski definition) is 1. The second kappa shape index (κ2) is 6.63. The van der Waals surface area contributed by atoms with Gasteiger partial charge in [0, 0.05) is 15.1 Å². The molecule has 0 radical (unpaired) electrons. The number of benzene rings is 2. The zero-order chi connectivity index (χ0) is 15.6. The van der Waals surface area contributed by atoms with Gasteiger partial charge in [0.25, 0.3) is 5.91 Å². The van der Waals surface area contributed by atoms with Crippen LogP contribution >= 0.6 is 27.5 Å². The molecule has 1 amide bonds. The number of carbonyl (C=O) groups is 1. The highest BCUT2D eigenvalue weighted by atomic mass is 79.9. The molecule has 2 rings (SSSR count). The monoisotopic (exact) mass is 365 g/mol. The van der Waals surface area contributed by atoms with Gasteiger partial charge in [0.15, 0.2) is 0 Å². The molecule has 0 bridgehead atoms. The third-order valence-electron chi connectivity index (χ3n) is 3.36. The summed E-state index contributed by atoms with van der Waals surface area (Å²) in [4.78, 5) is 12.3. The van der Waals surface area contributed by atoms with Crippen molar-refractivity contribution >= 4 is 33.4 Å². The van der Waals surface area contributed by atoms with Crippen LogP contribution in [0.1, 0.15) is 40.0 Å². The second-order valence-corrected chi connectivity index (χ2v) is 6.57. The molecule has 0 aliphatic heterocycles. The van der Waals surface area contributed by atoms with Crippen molar-refractivity contribution < 1.29 is 4.79 Å². The summed E-state index contributed by atoms with van der Waals surface area (Å²) in [5, 5.41) is 3.54. The van der Waals surface area contributed by atoms with Crippen molar-refractivity contribution in [1.29, 1.82) is 0 Å². The minimum atomic E-state index is -0.134. The number of amides is 1. The summed E-state index contributed by atoms with van der Waals surface area (Å²) in [6.45, 7) is 6.10. The zero-order valence-electron chi connectivity index (χ0n) is 12.2. The number of aryl methyl sites for hydroxylation is 2. The topological polar surface area (TPSA) is 29.1 Å². The van der Waals surface area contributed by atoms with Crippen LogP contribution in [0.15, 0.2) is 40.9 Å². The van der Waals surface area contributed by atoms with E-state index in [1.165, 1.54) is 11.1 Å². The number of nitrogens with one attached hydrogen (secondary N) is 1. The largest absolute Gasteiger partial charge is 0.346 e. The van der Waals surface area contributed by atoms with Crippen LogP contribution in [-0.2, 0) is 0 Å². The molecule has 4 heteroatoms. The zero-order valence-corrected chi connectivity index (χ0v) is 14.5. The van der Waals surface area contributed by atoms with E-state index in [-0.39, 0.29) is 11.9 Å². The average molecular weight is 367 g/mol. The summed E-state index contributed by atoms with van der Waals surface area (Å²) in [6.07, 6.45) is 0. The second-order valence-electron chi connectivity index (χ2n) is 5.21. The van der Waals surface area contributed by atoms with Crippen LogP contribution in [0.4, 0.5) is 0 Å². The molecule has 0 heterocycles. The van der Waals surface area contributed by atoms with E-state index in [9.17, 15) is 4.79 Å². The van der Waals surface area contributed by atoms with Crippen LogP contribution in [-0.4, -0.2) is 5.91 Å². The van der Waals surface area contributed by atoms with Crippen LogP contribution < -0.4 is 5.32 Å². The fraction of sp³-hybridized carbons (Fsp3) is 0.235. The van der Waals surface area contributed by atoms with Crippen LogP contribution in [0.2, 0.25) is 5.02 Å². The normalized spacial score (nSPS) is 12.0. The first-order chi connectivity index (χ1) is 9.86. The molecule has 1 N–H and O–H groups in total. The molecule has 21 heavy (non-hydrogen) atoms. The van der Waals surface area contributed by atoms with Gasteiger partial charge < -0.3 is 5.32 Å². The lowest BCUT2D eigenvalue weighted by atomic mass is 10.00. The maximum Gasteiger partial charge on any atom is 0.251 e. The van der Waals surface area contributed by atoms with Crippen LogP contribution in [0.25, 0.3) is 0 Å². The molecule has 0 aliphatic rings. The van der Waals surface area contributed by atoms with Gasteiger partial charge in [-0.1, -0.05) is 51.3 Å². The Morgan fingerprint density at radius 2 is 1.90 bits per heavy atom. The molecule has 1 atom stereocenters. The van der Waals surface area contributed by atoms with E-state index in [1.54, 1.807) is 18.2 Å². The van der Waals surface area contributed by atoms with Crippen molar-refractivity contribution in [3.63, 3.8) is 0 Å². The molecule has 2 aromatic carbocycles. The first-order valence-electron chi connectivity index (χ1n) is 6.71. The fourth-order valence-electron chi connectivity index (χ4n) is 2.35. The predicted octanol–water partition coefficient (Wildman–Crippen LogP) is 5.21. The van der Waals surface area contributed by atoms with Gasteiger partial charge in [-0.25, -0.2) is 0 Å². The van der Waals surface area contributed by atoms with Crippen molar-refractivity contribution in [2.45, 2.75) is 26.8 Å². The minimum absolute atomic E-state index is 0.0594. The van der Waals surface area contributed by atoms with Gasteiger partial charge in [0.05, 0.1) is 6.04 Å². The lowest BCUT2D eigenvalue weighted by molar-refractivity contribution is 0.0940. The van der Waals surface area contributed by atoms with Crippen molar-refractivity contribution in [2.24, 2.45) is 0 Å². The Hall–Kier alpha value is -1.32. The Morgan fingerprint density at radius 3 is 2.52 bits per heavy atom. The summed E-state index contributed by atoms with van der Waals surface area (Å²) >= 11 is 9.33.